The molecule has 0 atom stereocenters. The maximum absolute atomic E-state index is 12.3. The van der Waals surface area contributed by atoms with Gasteiger partial charge in [0.1, 0.15) is 12.4 Å². The molecule has 0 radical (unpaired) electrons. The fraction of sp³-hybridized carbons (Fsp3) is 0.211. The predicted octanol–water partition coefficient (Wildman–Crippen LogP) is 2.96. The molecule has 3 aromatic rings. The number of carbonyl (C=O) groups is 1. The number of hydrogen-bond donors (Lipinski definition) is 1. The molecule has 27 heavy (non-hydrogen) atoms. The number of anilines is 1. The topological polar surface area (TPSA) is 106 Å². The third-order valence-electron chi connectivity index (χ3n) is 3.81. The number of nitrogens with zero attached hydrogens (tertiary/aromatic N) is 5. The lowest BCUT2D eigenvalue weighted by Crippen LogP contribution is -2.12. The SMILES string of the molecule is CC(C)n1nnnc1COc1ccc(C(=O)Nc2ccc(C#N)cc2)cc1. The highest BCUT2D eigenvalue weighted by Gasteiger charge is 2.10. The molecule has 0 unspecified atom stereocenters. The maximum Gasteiger partial charge on any atom is 0.255 e. The molecular weight excluding hydrogens is 344 g/mol. The van der Waals surface area contributed by atoms with Crippen molar-refractivity contribution in [1.82, 2.24) is 20.2 Å². The number of tetrazole rings is 1. The molecule has 1 amide bonds. The van der Waals surface area contributed by atoms with Crippen LogP contribution < -0.4 is 10.1 Å². The first kappa shape index (κ1) is 18.1. The van der Waals surface area contributed by atoms with Gasteiger partial charge in [-0.2, -0.15) is 5.26 Å². The minimum Gasteiger partial charge on any atom is -0.486 e. The van der Waals surface area contributed by atoms with E-state index >= 15 is 0 Å². The molecule has 0 aliphatic carbocycles. The lowest BCUT2D eigenvalue weighted by Gasteiger charge is -2.10. The van der Waals surface area contributed by atoms with Gasteiger partial charge in [-0.3, -0.25) is 4.79 Å². The highest BCUT2D eigenvalue weighted by atomic mass is 16.5. The Hall–Kier alpha value is -3.73. The minimum atomic E-state index is -0.241. The fourth-order valence-corrected chi connectivity index (χ4v) is 2.39. The van der Waals surface area contributed by atoms with Gasteiger partial charge in [0.15, 0.2) is 5.82 Å². The molecule has 0 aliphatic rings. The molecule has 0 bridgehead atoms. The highest BCUT2D eigenvalue weighted by Crippen LogP contribution is 2.16. The van der Waals surface area contributed by atoms with Crippen LogP contribution in [0.1, 0.15) is 41.6 Å². The van der Waals surface area contributed by atoms with Gasteiger partial charge in [0.05, 0.1) is 17.7 Å². The van der Waals surface area contributed by atoms with Gasteiger partial charge >= 0.3 is 0 Å². The van der Waals surface area contributed by atoms with Crippen LogP contribution in [-0.2, 0) is 6.61 Å². The standard InChI is InChI=1S/C19H18N6O2/c1-13(2)25-18(22-23-24-25)12-27-17-9-5-15(6-10-17)19(26)21-16-7-3-14(11-20)4-8-16/h3-10,13H,12H2,1-2H3,(H,21,26). The summed E-state index contributed by atoms with van der Waals surface area (Å²) < 4.78 is 7.39. The van der Waals surface area contributed by atoms with Gasteiger partial charge in [0.25, 0.3) is 5.91 Å². The van der Waals surface area contributed by atoms with Crippen LogP contribution in [0.2, 0.25) is 0 Å². The lowest BCUT2D eigenvalue weighted by molar-refractivity contribution is 0.102. The number of carbonyl (C=O) groups excluding carboxylic acids is 1. The molecule has 2 aromatic carbocycles. The van der Waals surface area contributed by atoms with Crippen molar-refractivity contribution in [2.75, 3.05) is 5.32 Å². The summed E-state index contributed by atoms with van der Waals surface area (Å²) in [6, 6.07) is 15.7. The Morgan fingerprint density at radius 3 is 2.52 bits per heavy atom. The number of nitriles is 1. The summed E-state index contributed by atoms with van der Waals surface area (Å²) in [5.41, 5.74) is 1.66. The van der Waals surface area contributed by atoms with Crippen molar-refractivity contribution in [3.8, 4) is 11.8 Å². The average molecular weight is 362 g/mol. The summed E-state index contributed by atoms with van der Waals surface area (Å²) >= 11 is 0. The van der Waals surface area contributed by atoms with Crippen LogP contribution in [0.25, 0.3) is 0 Å². The van der Waals surface area contributed by atoms with Crippen LogP contribution in [0, 0.1) is 11.3 Å². The fourth-order valence-electron chi connectivity index (χ4n) is 2.39. The summed E-state index contributed by atoms with van der Waals surface area (Å²) in [5.74, 6) is 1.01. The molecule has 0 spiro atoms. The van der Waals surface area contributed by atoms with Crippen LogP contribution in [0.4, 0.5) is 5.69 Å². The van der Waals surface area contributed by atoms with Crippen molar-refractivity contribution in [3.63, 3.8) is 0 Å². The van der Waals surface area contributed by atoms with Crippen LogP contribution in [0.3, 0.4) is 0 Å². The molecule has 0 fully saturated rings. The van der Waals surface area contributed by atoms with Crippen molar-refractivity contribution in [3.05, 3.63) is 65.5 Å². The quantitative estimate of drug-likeness (QED) is 0.723. The van der Waals surface area contributed by atoms with E-state index in [1.54, 1.807) is 53.2 Å². The molecule has 3 rings (SSSR count). The smallest absolute Gasteiger partial charge is 0.255 e. The van der Waals surface area contributed by atoms with Crippen molar-refractivity contribution < 1.29 is 9.53 Å². The molecule has 136 valence electrons. The van der Waals surface area contributed by atoms with Gasteiger partial charge < -0.3 is 10.1 Å². The normalized spacial score (nSPS) is 10.4. The van der Waals surface area contributed by atoms with E-state index in [1.807, 2.05) is 19.9 Å². The van der Waals surface area contributed by atoms with Crippen molar-refractivity contribution in [2.24, 2.45) is 0 Å². The third kappa shape index (κ3) is 4.46. The second-order valence-corrected chi connectivity index (χ2v) is 6.09. The number of hydrogen-bond acceptors (Lipinski definition) is 6. The van der Waals surface area contributed by atoms with Gasteiger partial charge in [0, 0.05) is 11.3 Å². The van der Waals surface area contributed by atoms with E-state index in [0.29, 0.717) is 28.4 Å². The number of rotatable bonds is 6. The summed E-state index contributed by atoms with van der Waals surface area (Å²) in [4.78, 5) is 12.3. The second-order valence-electron chi connectivity index (χ2n) is 6.09. The van der Waals surface area contributed by atoms with E-state index < -0.39 is 0 Å². The van der Waals surface area contributed by atoms with E-state index in [9.17, 15) is 4.79 Å². The van der Waals surface area contributed by atoms with Crippen LogP contribution in [-0.4, -0.2) is 26.1 Å². The number of aromatic nitrogens is 4. The van der Waals surface area contributed by atoms with Crippen LogP contribution in [0.5, 0.6) is 5.75 Å². The molecule has 8 nitrogen and oxygen atoms in total. The third-order valence-corrected chi connectivity index (χ3v) is 3.81. The average Bonchev–Trinajstić information content (AvgIpc) is 3.16. The first-order valence-electron chi connectivity index (χ1n) is 8.38. The number of benzene rings is 2. The number of amides is 1. The summed E-state index contributed by atoms with van der Waals surface area (Å²) in [6.45, 7) is 4.21. The zero-order valence-corrected chi connectivity index (χ0v) is 15.0. The van der Waals surface area contributed by atoms with Gasteiger partial charge in [0.2, 0.25) is 0 Å². The van der Waals surface area contributed by atoms with E-state index in [-0.39, 0.29) is 18.6 Å². The Morgan fingerprint density at radius 1 is 1.19 bits per heavy atom. The Labute approximate surface area is 156 Å². The molecule has 8 heteroatoms. The van der Waals surface area contributed by atoms with E-state index in [1.165, 1.54) is 0 Å². The predicted molar refractivity (Wildman–Crippen MR) is 98.1 cm³/mol. The Morgan fingerprint density at radius 2 is 1.89 bits per heavy atom. The van der Waals surface area contributed by atoms with E-state index in [4.69, 9.17) is 10.00 Å². The van der Waals surface area contributed by atoms with Crippen molar-refractivity contribution >= 4 is 11.6 Å². The Balaban J connectivity index is 1.60. The zero-order chi connectivity index (χ0) is 19.2. The first-order chi connectivity index (χ1) is 13.1. The molecule has 1 N–H and O–H groups in total. The Kier molecular flexibility index (Phi) is 5.42. The second kappa shape index (κ2) is 8.10. The van der Waals surface area contributed by atoms with Gasteiger partial charge in [-0.05, 0) is 72.8 Å². The molecule has 0 saturated carbocycles. The number of ether oxygens (including phenoxy) is 1. The monoisotopic (exact) mass is 362 g/mol. The lowest BCUT2D eigenvalue weighted by atomic mass is 10.2. The molecule has 0 aliphatic heterocycles. The van der Waals surface area contributed by atoms with Crippen molar-refractivity contribution in [1.29, 1.82) is 5.26 Å². The molecular formula is C19H18N6O2. The Bertz CT molecular complexity index is 955. The largest absolute Gasteiger partial charge is 0.486 e. The van der Waals surface area contributed by atoms with Gasteiger partial charge in [-0.1, -0.05) is 0 Å². The minimum absolute atomic E-state index is 0.145. The zero-order valence-electron chi connectivity index (χ0n) is 15.0. The maximum atomic E-state index is 12.3. The highest BCUT2D eigenvalue weighted by molar-refractivity contribution is 6.04. The first-order valence-corrected chi connectivity index (χ1v) is 8.38. The van der Waals surface area contributed by atoms with Crippen LogP contribution >= 0.6 is 0 Å². The molecule has 0 saturated heterocycles. The summed E-state index contributed by atoms with van der Waals surface area (Å²) in [7, 11) is 0. The van der Waals surface area contributed by atoms with Crippen molar-refractivity contribution in [2.45, 2.75) is 26.5 Å². The summed E-state index contributed by atoms with van der Waals surface area (Å²) in [5, 5.41) is 23.1. The van der Waals surface area contributed by atoms with Gasteiger partial charge in [-0.25, -0.2) is 4.68 Å². The van der Waals surface area contributed by atoms with Gasteiger partial charge in [-0.15, -0.1) is 5.10 Å². The molecule has 1 aromatic heterocycles. The van der Waals surface area contributed by atoms with E-state index in [0.717, 1.165) is 0 Å². The van der Waals surface area contributed by atoms with Crippen LogP contribution in [0.15, 0.2) is 48.5 Å². The number of nitrogens with one attached hydrogen (secondary N) is 1. The summed E-state index contributed by atoms with van der Waals surface area (Å²) in [6.07, 6.45) is 0. The van der Waals surface area contributed by atoms with E-state index in [2.05, 4.69) is 20.8 Å². The molecule has 1 heterocycles.